The minimum absolute atomic E-state index is 0. The molecule has 0 spiro atoms. The van der Waals surface area contributed by atoms with Gasteiger partial charge in [0.15, 0.2) is 11.5 Å². The highest BCUT2D eigenvalue weighted by molar-refractivity contribution is 7.07. The number of carbonyl (C=O) groups excluding carboxylic acids is 1. The number of hydrogen-bond donors (Lipinski definition) is 2. The number of rotatable bonds is 9. The molecule has 3 N–H and O–H groups in total. The SMILES string of the molecule is COc1cc(C(=O)NC(C)(CN)CC(C)C)ccc1OCc1cscn1.Cl.Cl. The molecule has 1 aromatic carbocycles. The third-order valence-corrected chi connectivity index (χ3v) is 4.64. The minimum atomic E-state index is -0.446. The molecule has 6 nitrogen and oxygen atoms in total. The van der Waals surface area contributed by atoms with Gasteiger partial charge in [-0.3, -0.25) is 4.79 Å². The number of nitrogens with two attached hydrogens (primary N) is 1. The Morgan fingerprint density at radius 3 is 2.57 bits per heavy atom. The van der Waals surface area contributed by atoms with E-state index in [0.717, 1.165) is 12.1 Å². The third-order valence-electron chi connectivity index (χ3n) is 4.01. The van der Waals surface area contributed by atoms with Gasteiger partial charge in [-0.15, -0.1) is 36.2 Å². The molecule has 0 radical (unpaired) electrons. The molecule has 0 aliphatic carbocycles. The Bertz CT molecular complexity index is 729. The Kier molecular flexibility index (Phi) is 11.4. The second-order valence-electron chi connectivity index (χ2n) is 6.95. The third kappa shape index (κ3) is 7.47. The van der Waals surface area contributed by atoms with E-state index in [9.17, 15) is 4.79 Å². The van der Waals surface area contributed by atoms with E-state index in [1.807, 2.05) is 12.3 Å². The normalized spacial score (nSPS) is 12.4. The lowest BCUT2D eigenvalue weighted by Crippen LogP contribution is -2.52. The summed E-state index contributed by atoms with van der Waals surface area (Å²) in [5.41, 5.74) is 8.55. The van der Waals surface area contributed by atoms with Crippen LogP contribution in [0.25, 0.3) is 0 Å². The van der Waals surface area contributed by atoms with Crippen LogP contribution in [0.5, 0.6) is 11.5 Å². The van der Waals surface area contributed by atoms with Crippen molar-refractivity contribution in [3.8, 4) is 11.5 Å². The number of amides is 1. The van der Waals surface area contributed by atoms with Crippen LogP contribution in [-0.2, 0) is 6.61 Å². The molecule has 1 unspecified atom stereocenters. The number of aromatic nitrogens is 1. The van der Waals surface area contributed by atoms with Gasteiger partial charge in [0.05, 0.1) is 18.3 Å². The highest BCUT2D eigenvalue weighted by Gasteiger charge is 2.26. The largest absolute Gasteiger partial charge is 0.493 e. The summed E-state index contributed by atoms with van der Waals surface area (Å²) < 4.78 is 11.1. The second kappa shape index (κ2) is 12.1. The van der Waals surface area contributed by atoms with Gasteiger partial charge in [-0.25, -0.2) is 4.98 Å². The van der Waals surface area contributed by atoms with E-state index in [4.69, 9.17) is 15.2 Å². The van der Waals surface area contributed by atoms with E-state index in [-0.39, 0.29) is 30.7 Å². The zero-order valence-electron chi connectivity index (χ0n) is 16.6. The average Bonchev–Trinajstić information content (AvgIpc) is 3.12. The van der Waals surface area contributed by atoms with Crippen molar-refractivity contribution in [2.45, 2.75) is 39.3 Å². The molecule has 1 heterocycles. The van der Waals surface area contributed by atoms with Gasteiger partial charge in [0.1, 0.15) is 6.61 Å². The van der Waals surface area contributed by atoms with E-state index in [2.05, 4.69) is 24.1 Å². The molecule has 28 heavy (non-hydrogen) atoms. The fourth-order valence-corrected chi connectivity index (χ4v) is 3.36. The first-order valence-electron chi connectivity index (χ1n) is 8.57. The average molecular weight is 450 g/mol. The highest BCUT2D eigenvalue weighted by Crippen LogP contribution is 2.29. The van der Waals surface area contributed by atoms with E-state index in [1.54, 1.807) is 30.8 Å². The predicted molar refractivity (Wildman–Crippen MR) is 118 cm³/mol. The van der Waals surface area contributed by atoms with Gasteiger partial charge in [-0.2, -0.15) is 0 Å². The first-order valence-corrected chi connectivity index (χ1v) is 9.51. The Hall–Kier alpha value is -1.54. The molecule has 0 aliphatic rings. The van der Waals surface area contributed by atoms with Crippen LogP contribution in [0.4, 0.5) is 0 Å². The van der Waals surface area contributed by atoms with Gasteiger partial charge in [-0.1, -0.05) is 13.8 Å². The van der Waals surface area contributed by atoms with Gasteiger partial charge in [-0.05, 0) is 37.5 Å². The van der Waals surface area contributed by atoms with E-state index in [1.165, 1.54) is 11.3 Å². The summed E-state index contributed by atoms with van der Waals surface area (Å²) >= 11 is 1.52. The Morgan fingerprint density at radius 1 is 1.32 bits per heavy atom. The molecule has 1 atom stereocenters. The summed E-state index contributed by atoms with van der Waals surface area (Å²) in [5, 5.41) is 4.97. The highest BCUT2D eigenvalue weighted by atomic mass is 35.5. The van der Waals surface area contributed by atoms with Crippen molar-refractivity contribution in [1.29, 1.82) is 0 Å². The zero-order chi connectivity index (χ0) is 19.2. The van der Waals surface area contributed by atoms with Gasteiger partial charge in [0, 0.05) is 23.0 Å². The van der Waals surface area contributed by atoms with Crippen molar-refractivity contribution in [2.75, 3.05) is 13.7 Å². The molecule has 0 bridgehead atoms. The van der Waals surface area contributed by atoms with Crippen LogP contribution >= 0.6 is 36.2 Å². The fraction of sp³-hybridized carbons (Fsp3) is 0.474. The van der Waals surface area contributed by atoms with Crippen molar-refractivity contribution in [2.24, 2.45) is 11.7 Å². The molecule has 0 aliphatic heterocycles. The van der Waals surface area contributed by atoms with Crippen LogP contribution in [-0.4, -0.2) is 30.1 Å². The summed E-state index contributed by atoms with van der Waals surface area (Å²) in [5.74, 6) is 1.33. The van der Waals surface area contributed by atoms with Crippen LogP contribution in [0.15, 0.2) is 29.1 Å². The Morgan fingerprint density at radius 2 is 2.04 bits per heavy atom. The maximum absolute atomic E-state index is 12.7. The summed E-state index contributed by atoms with van der Waals surface area (Å²) in [7, 11) is 1.55. The minimum Gasteiger partial charge on any atom is -0.493 e. The van der Waals surface area contributed by atoms with Crippen LogP contribution < -0.4 is 20.5 Å². The first-order chi connectivity index (χ1) is 12.4. The Balaban J connectivity index is 0.00000364. The molecule has 1 aromatic heterocycles. The van der Waals surface area contributed by atoms with Gasteiger partial charge in [0.25, 0.3) is 5.91 Å². The Labute approximate surface area is 183 Å². The number of carbonyl (C=O) groups is 1. The van der Waals surface area contributed by atoms with Crippen molar-refractivity contribution in [1.82, 2.24) is 10.3 Å². The fourth-order valence-electron chi connectivity index (χ4n) is 2.82. The van der Waals surface area contributed by atoms with E-state index >= 15 is 0 Å². The molecule has 2 rings (SSSR count). The smallest absolute Gasteiger partial charge is 0.251 e. The number of nitrogens with one attached hydrogen (secondary N) is 1. The predicted octanol–water partition coefficient (Wildman–Crippen LogP) is 4.07. The van der Waals surface area contributed by atoms with Crippen LogP contribution in [0, 0.1) is 5.92 Å². The summed E-state index contributed by atoms with van der Waals surface area (Å²) in [4.78, 5) is 16.8. The second-order valence-corrected chi connectivity index (χ2v) is 7.67. The lowest BCUT2D eigenvalue weighted by atomic mass is 9.90. The maximum Gasteiger partial charge on any atom is 0.251 e. The standard InChI is InChI=1S/C19H27N3O3S.2ClH/c1-13(2)8-19(3,11-20)22-18(23)14-5-6-16(17(7-14)24-4)25-9-15-10-26-12-21-15;;/h5-7,10,12-13H,8-9,11,20H2,1-4H3,(H,22,23);2*1H. The topological polar surface area (TPSA) is 86.5 Å². The molecule has 158 valence electrons. The number of hydrogen-bond acceptors (Lipinski definition) is 6. The monoisotopic (exact) mass is 449 g/mol. The number of ether oxygens (including phenoxy) is 2. The maximum atomic E-state index is 12.7. The van der Waals surface area contributed by atoms with Crippen molar-refractivity contribution >= 4 is 42.1 Å². The van der Waals surface area contributed by atoms with E-state index < -0.39 is 5.54 Å². The van der Waals surface area contributed by atoms with Crippen molar-refractivity contribution in [3.05, 3.63) is 40.3 Å². The van der Waals surface area contributed by atoms with Crippen molar-refractivity contribution in [3.63, 3.8) is 0 Å². The molecular weight excluding hydrogens is 421 g/mol. The molecule has 0 saturated heterocycles. The molecule has 0 saturated carbocycles. The number of nitrogens with zero attached hydrogens (tertiary/aromatic N) is 1. The van der Waals surface area contributed by atoms with Gasteiger partial charge in [0.2, 0.25) is 0 Å². The van der Waals surface area contributed by atoms with Gasteiger partial charge >= 0.3 is 0 Å². The quantitative estimate of drug-likeness (QED) is 0.602. The van der Waals surface area contributed by atoms with E-state index in [0.29, 0.717) is 36.1 Å². The number of thiazole rings is 1. The van der Waals surface area contributed by atoms with Crippen LogP contribution in [0.3, 0.4) is 0 Å². The van der Waals surface area contributed by atoms with Crippen molar-refractivity contribution < 1.29 is 14.3 Å². The number of methoxy groups -OCH3 is 1. The number of benzene rings is 1. The molecule has 9 heteroatoms. The summed E-state index contributed by atoms with van der Waals surface area (Å²) in [6.07, 6.45) is 0.807. The summed E-state index contributed by atoms with van der Waals surface area (Å²) in [6.45, 7) is 6.91. The zero-order valence-corrected chi connectivity index (χ0v) is 19.0. The lowest BCUT2D eigenvalue weighted by molar-refractivity contribution is 0.0898. The first kappa shape index (κ1) is 26.5. The molecule has 0 fully saturated rings. The lowest BCUT2D eigenvalue weighted by Gasteiger charge is -2.31. The van der Waals surface area contributed by atoms with Crippen LogP contribution in [0.2, 0.25) is 0 Å². The molecule has 1 amide bonds. The van der Waals surface area contributed by atoms with Gasteiger partial charge < -0.3 is 20.5 Å². The molecular formula is C19H29Cl2N3O3S. The van der Waals surface area contributed by atoms with Crippen LogP contribution in [0.1, 0.15) is 43.2 Å². The molecule has 2 aromatic rings. The summed E-state index contributed by atoms with van der Waals surface area (Å²) in [6, 6.07) is 5.14. The number of halogens is 2.